The van der Waals surface area contributed by atoms with Gasteiger partial charge in [-0.1, -0.05) is 23.1 Å². The van der Waals surface area contributed by atoms with Crippen LogP contribution in [-0.4, -0.2) is 34.4 Å². The standard InChI is InChI=1S/C9H16N4OS2/c1-4-10-7(14)5-15-9-13-12-8(16-9)11-6(2)3/h6H,4-5H2,1-3H3,(H,10,14)(H,11,12). The first kappa shape index (κ1) is 13.2. The number of nitrogens with zero attached hydrogens (tertiary/aromatic N) is 2. The van der Waals surface area contributed by atoms with E-state index in [4.69, 9.17) is 0 Å². The third kappa shape index (κ3) is 4.80. The fourth-order valence-electron chi connectivity index (χ4n) is 0.949. The molecule has 1 heterocycles. The molecule has 1 amide bonds. The number of amides is 1. The van der Waals surface area contributed by atoms with Gasteiger partial charge in [-0.2, -0.15) is 0 Å². The summed E-state index contributed by atoms with van der Waals surface area (Å²) in [5.41, 5.74) is 0. The van der Waals surface area contributed by atoms with Gasteiger partial charge in [-0.25, -0.2) is 0 Å². The Morgan fingerprint density at radius 3 is 2.88 bits per heavy atom. The van der Waals surface area contributed by atoms with Crippen LogP contribution in [0.4, 0.5) is 5.13 Å². The lowest BCUT2D eigenvalue weighted by atomic mass is 10.4. The van der Waals surface area contributed by atoms with Crippen molar-refractivity contribution in [3.05, 3.63) is 0 Å². The molecule has 0 aromatic carbocycles. The summed E-state index contributed by atoms with van der Waals surface area (Å²) in [6, 6.07) is 0.342. The second-order valence-electron chi connectivity index (χ2n) is 3.41. The van der Waals surface area contributed by atoms with E-state index in [9.17, 15) is 4.79 Å². The summed E-state index contributed by atoms with van der Waals surface area (Å²) < 4.78 is 0.814. The maximum Gasteiger partial charge on any atom is 0.230 e. The van der Waals surface area contributed by atoms with Crippen molar-refractivity contribution in [3.8, 4) is 0 Å². The van der Waals surface area contributed by atoms with Crippen molar-refractivity contribution < 1.29 is 4.79 Å². The molecule has 0 spiro atoms. The molecular formula is C9H16N4OS2. The highest BCUT2D eigenvalue weighted by atomic mass is 32.2. The third-order valence-corrected chi connectivity index (χ3v) is 3.51. The summed E-state index contributed by atoms with van der Waals surface area (Å²) in [4.78, 5) is 11.2. The highest BCUT2D eigenvalue weighted by molar-refractivity contribution is 8.01. The Hall–Kier alpha value is -0.820. The Morgan fingerprint density at radius 1 is 1.50 bits per heavy atom. The zero-order valence-corrected chi connectivity index (χ0v) is 11.2. The Labute approximate surface area is 103 Å². The Bertz CT molecular complexity index is 340. The highest BCUT2D eigenvalue weighted by Crippen LogP contribution is 2.25. The first-order valence-corrected chi connectivity index (χ1v) is 6.91. The van der Waals surface area contributed by atoms with Crippen molar-refractivity contribution >= 4 is 34.1 Å². The first-order valence-electron chi connectivity index (χ1n) is 5.11. The number of rotatable bonds is 6. The minimum atomic E-state index is 0.0288. The van der Waals surface area contributed by atoms with Crippen LogP contribution in [0.2, 0.25) is 0 Å². The van der Waals surface area contributed by atoms with Crippen LogP contribution in [0.25, 0.3) is 0 Å². The van der Waals surface area contributed by atoms with Gasteiger partial charge in [0.15, 0.2) is 4.34 Å². The van der Waals surface area contributed by atoms with Crippen molar-refractivity contribution in [2.75, 3.05) is 17.6 Å². The summed E-state index contributed by atoms with van der Waals surface area (Å²) in [7, 11) is 0. The quantitative estimate of drug-likeness (QED) is 0.760. The van der Waals surface area contributed by atoms with E-state index < -0.39 is 0 Å². The van der Waals surface area contributed by atoms with Gasteiger partial charge in [-0.15, -0.1) is 10.2 Å². The molecule has 0 bridgehead atoms. The number of nitrogens with one attached hydrogen (secondary N) is 2. The van der Waals surface area contributed by atoms with Gasteiger partial charge in [0.1, 0.15) is 0 Å². The summed E-state index contributed by atoms with van der Waals surface area (Å²) in [6.45, 7) is 6.65. The SMILES string of the molecule is CCNC(=O)CSc1nnc(NC(C)C)s1. The van der Waals surface area contributed by atoms with Crippen molar-refractivity contribution in [1.82, 2.24) is 15.5 Å². The van der Waals surface area contributed by atoms with Gasteiger partial charge in [-0.05, 0) is 20.8 Å². The zero-order chi connectivity index (χ0) is 12.0. The van der Waals surface area contributed by atoms with Crippen molar-refractivity contribution in [2.45, 2.75) is 31.2 Å². The van der Waals surface area contributed by atoms with Gasteiger partial charge >= 0.3 is 0 Å². The molecule has 0 atom stereocenters. The predicted octanol–water partition coefficient (Wildman–Crippen LogP) is 1.59. The molecule has 0 saturated heterocycles. The highest BCUT2D eigenvalue weighted by Gasteiger charge is 2.07. The molecule has 1 rings (SSSR count). The van der Waals surface area contributed by atoms with Crippen LogP contribution in [0, 0.1) is 0 Å². The summed E-state index contributed by atoms with van der Waals surface area (Å²) in [5, 5.41) is 14.7. The van der Waals surface area contributed by atoms with E-state index in [0.29, 0.717) is 18.3 Å². The molecule has 5 nitrogen and oxygen atoms in total. The molecule has 1 aromatic rings. The molecule has 0 aliphatic heterocycles. The largest absolute Gasteiger partial charge is 0.358 e. The molecule has 0 aliphatic carbocycles. The van der Waals surface area contributed by atoms with Gasteiger partial charge in [0.2, 0.25) is 11.0 Å². The first-order chi connectivity index (χ1) is 7.61. The van der Waals surface area contributed by atoms with E-state index in [1.165, 1.54) is 23.1 Å². The maximum atomic E-state index is 11.2. The van der Waals surface area contributed by atoms with E-state index in [1.807, 2.05) is 20.8 Å². The molecule has 2 N–H and O–H groups in total. The Balaban J connectivity index is 2.37. The fourth-order valence-corrected chi connectivity index (χ4v) is 2.68. The van der Waals surface area contributed by atoms with Crippen LogP contribution >= 0.6 is 23.1 Å². The van der Waals surface area contributed by atoms with Crippen LogP contribution < -0.4 is 10.6 Å². The summed E-state index contributed by atoms with van der Waals surface area (Å²) >= 11 is 2.88. The summed E-state index contributed by atoms with van der Waals surface area (Å²) in [5.74, 6) is 0.422. The van der Waals surface area contributed by atoms with Gasteiger partial charge in [0.05, 0.1) is 5.75 Å². The van der Waals surface area contributed by atoms with E-state index >= 15 is 0 Å². The second-order valence-corrected chi connectivity index (χ2v) is 5.61. The second kappa shape index (κ2) is 6.70. The lowest BCUT2D eigenvalue weighted by molar-refractivity contribution is -0.118. The van der Waals surface area contributed by atoms with Gasteiger partial charge in [0.25, 0.3) is 0 Å². The average Bonchev–Trinajstić information content (AvgIpc) is 2.62. The number of carbonyl (C=O) groups is 1. The van der Waals surface area contributed by atoms with Crippen molar-refractivity contribution in [3.63, 3.8) is 0 Å². The molecule has 0 fully saturated rings. The number of thioether (sulfide) groups is 1. The van der Waals surface area contributed by atoms with E-state index in [-0.39, 0.29) is 5.91 Å². The number of hydrogen-bond acceptors (Lipinski definition) is 6. The molecule has 90 valence electrons. The van der Waals surface area contributed by atoms with Crippen LogP contribution in [0.3, 0.4) is 0 Å². The summed E-state index contributed by atoms with van der Waals surface area (Å²) in [6.07, 6.45) is 0. The van der Waals surface area contributed by atoms with Crippen molar-refractivity contribution in [2.24, 2.45) is 0 Å². The van der Waals surface area contributed by atoms with Crippen LogP contribution in [0.15, 0.2) is 4.34 Å². The third-order valence-electron chi connectivity index (χ3n) is 1.52. The lowest BCUT2D eigenvalue weighted by Gasteiger charge is -2.03. The van der Waals surface area contributed by atoms with Gasteiger partial charge in [0, 0.05) is 12.6 Å². The molecular weight excluding hydrogens is 244 g/mol. The number of carbonyl (C=O) groups excluding carboxylic acids is 1. The topological polar surface area (TPSA) is 66.9 Å². The Kier molecular flexibility index (Phi) is 5.54. The normalized spacial score (nSPS) is 10.5. The molecule has 0 aliphatic rings. The fraction of sp³-hybridized carbons (Fsp3) is 0.667. The molecule has 0 saturated carbocycles. The minimum absolute atomic E-state index is 0.0288. The molecule has 0 unspecified atom stereocenters. The average molecular weight is 260 g/mol. The van der Waals surface area contributed by atoms with Crippen LogP contribution in [-0.2, 0) is 4.79 Å². The van der Waals surface area contributed by atoms with Crippen LogP contribution in [0.5, 0.6) is 0 Å². The monoisotopic (exact) mass is 260 g/mol. The van der Waals surface area contributed by atoms with E-state index in [0.717, 1.165) is 9.47 Å². The molecule has 0 radical (unpaired) electrons. The number of hydrogen-bond donors (Lipinski definition) is 2. The Morgan fingerprint density at radius 2 is 2.25 bits per heavy atom. The lowest BCUT2D eigenvalue weighted by Crippen LogP contribution is -2.24. The molecule has 7 heteroatoms. The zero-order valence-electron chi connectivity index (χ0n) is 9.61. The van der Waals surface area contributed by atoms with E-state index in [1.54, 1.807) is 0 Å². The van der Waals surface area contributed by atoms with E-state index in [2.05, 4.69) is 20.8 Å². The molecule has 16 heavy (non-hydrogen) atoms. The van der Waals surface area contributed by atoms with Gasteiger partial charge in [-0.3, -0.25) is 4.79 Å². The van der Waals surface area contributed by atoms with Crippen molar-refractivity contribution in [1.29, 1.82) is 0 Å². The smallest absolute Gasteiger partial charge is 0.230 e. The number of anilines is 1. The maximum absolute atomic E-state index is 11.2. The minimum Gasteiger partial charge on any atom is -0.358 e. The number of aromatic nitrogens is 2. The van der Waals surface area contributed by atoms with Gasteiger partial charge < -0.3 is 10.6 Å². The predicted molar refractivity (Wildman–Crippen MR) is 68.1 cm³/mol. The molecule has 1 aromatic heterocycles. The van der Waals surface area contributed by atoms with Crippen LogP contribution in [0.1, 0.15) is 20.8 Å².